The molecule has 0 radical (unpaired) electrons. The van der Waals surface area contributed by atoms with Crippen LogP contribution in [-0.2, 0) is 32.1 Å². The molecule has 6 aliphatic rings. The van der Waals surface area contributed by atoms with Crippen molar-refractivity contribution in [1.29, 1.82) is 0 Å². The van der Waals surface area contributed by atoms with Crippen molar-refractivity contribution < 1.29 is 9.59 Å². The highest BCUT2D eigenvalue weighted by Gasteiger charge is 2.37. The van der Waals surface area contributed by atoms with Crippen LogP contribution in [0.2, 0.25) is 0 Å². The summed E-state index contributed by atoms with van der Waals surface area (Å²) in [6, 6.07) is 20.7. The van der Waals surface area contributed by atoms with Gasteiger partial charge in [0, 0.05) is 22.3 Å². The van der Waals surface area contributed by atoms with E-state index in [1.165, 1.54) is 27.8 Å². The summed E-state index contributed by atoms with van der Waals surface area (Å²) >= 11 is 0. The lowest BCUT2D eigenvalue weighted by Gasteiger charge is -2.30. The molecule has 0 N–H and O–H groups in total. The monoisotopic (exact) mass is 390 g/mol. The summed E-state index contributed by atoms with van der Waals surface area (Å²) < 4.78 is 0. The number of hydrogen-bond donors (Lipinski definition) is 0. The van der Waals surface area contributed by atoms with E-state index in [0.29, 0.717) is 23.1 Å². The Balaban J connectivity index is 1.56. The van der Waals surface area contributed by atoms with Crippen molar-refractivity contribution in [2.24, 2.45) is 0 Å². The molecule has 6 aliphatic carbocycles. The van der Waals surface area contributed by atoms with Gasteiger partial charge in [-0.15, -0.1) is 0 Å². The first-order valence-electron chi connectivity index (χ1n) is 10.8. The lowest BCUT2D eigenvalue weighted by molar-refractivity contribution is 0.0988. The molecule has 0 amide bonds. The van der Waals surface area contributed by atoms with E-state index in [9.17, 15) is 9.59 Å². The predicted octanol–water partition coefficient (Wildman–Crippen LogP) is 5.35. The third-order valence-corrected chi connectivity index (χ3v) is 6.98. The minimum atomic E-state index is 0.0231. The average molecular weight is 390 g/mol. The molecular weight excluding hydrogens is 368 g/mol. The standard InChI is InChI=1S/C28H22O2/c29-27-22-3-1-2-4-23(22)28(30)26-24(27)16-15-21-19-11-9-17-5-7-18(8-6-17)10-12-20(14-13-19)25(21)26/h1-8,13-14H,9-12,15-16H2. The van der Waals surface area contributed by atoms with Crippen LogP contribution in [0.4, 0.5) is 0 Å². The van der Waals surface area contributed by atoms with Crippen LogP contribution < -0.4 is 0 Å². The van der Waals surface area contributed by atoms with Gasteiger partial charge in [0.1, 0.15) is 0 Å². The number of benzene rings is 3. The molecule has 4 bridgehead atoms. The zero-order valence-corrected chi connectivity index (χ0v) is 16.8. The molecule has 0 atom stereocenters. The summed E-state index contributed by atoms with van der Waals surface area (Å²) in [5, 5.41) is 0. The average Bonchev–Trinajstić information content (AvgIpc) is 2.78. The van der Waals surface area contributed by atoms with E-state index in [1.807, 2.05) is 12.1 Å². The van der Waals surface area contributed by atoms with Gasteiger partial charge in [0.25, 0.3) is 0 Å². The first kappa shape index (κ1) is 17.6. The second-order valence-electron chi connectivity index (χ2n) is 8.61. The van der Waals surface area contributed by atoms with E-state index in [-0.39, 0.29) is 11.6 Å². The van der Waals surface area contributed by atoms with E-state index in [1.54, 1.807) is 12.1 Å². The van der Waals surface area contributed by atoms with Crippen LogP contribution in [0.3, 0.4) is 0 Å². The van der Waals surface area contributed by atoms with Crippen LogP contribution in [0, 0.1) is 0 Å². The van der Waals surface area contributed by atoms with E-state index in [2.05, 4.69) is 36.4 Å². The fourth-order valence-electron chi connectivity index (χ4n) is 5.39. The highest BCUT2D eigenvalue weighted by molar-refractivity contribution is 6.41. The first-order valence-corrected chi connectivity index (χ1v) is 10.8. The summed E-state index contributed by atoms with van der Waals surface area (Å²) in [4.78, 5) is 26.9. The second-order valence-corrected chi connectivity index (χ2v) is 8.61. The SMILES string of the molecule is O=C1C2=C(C(=O)c3ccccc31)c1c3ccc(c1CC2)CCc1ccc(cc1)CC3. The summed E-state index contributed by atoms with van der Waals surface area (Å²) in [6.45, 7) is 0. The normalized spacial score (nSPS) is 17.2. The number of ketones is 2. The van der Waals surface area contributed by atoms with Crippen molar-refractivity contribution in [2.45, 2.75) is 38.5 Å². The Morgan fingerprint density at radius 2 is 1.13 bits per heavy atom. The van der Waals surface area contributed by atoms with E-state index in [4.69, 9.17) is 0 Å². The molecule has 2 heteroatoms. The summed E-state index contributed by atoms with van der Waals surface area (Å²) in [7, 11) is 0. The Morgan fingerprint density at radius 3 is 1.83 bits per heavy atom. The molecule has 0 unspecified atom stereocenters. The number of allylic oxidation sites excluding steroid dienone is 2. The lowest BCUT2D eigenvalue weighted by Crippen LogP contribution is -2.26. The van der Waals surface area contributed by atoms with Gasteiger partial charge in [-0.05, 0) is 71.9 Å². The van der Waals surface area contributed by atoms with E-state index in [0.717, 1.165) is 43.2 Å². The van der Waals surface area contributed by atoms with Gasteiger partial charge in [0.15, 0.2) is 11.6 Å². The number of hydrogen-bond acceptors (Lipinski definition) is 2. The van der Waals surface area contributed by atoms with Crippen LogP contribution in [0.25, 0.3) is 5.57 Å². The van der Waals surface area contributed by atoms with Gasteiger partial charge < -0.3 is 0 Å². The van der Waals surface area contributed by atoms with Crippen molar-refractivity contribution in [3.05, 3.63) is 111 Å². The third kappa shape index (κ3) is 2.56. The molecule has 146 valence electrons. The molecule has 0 saturated heterocycles. The van der Waals surface area contributed by atoms with Crippen molar-refractivity contribution >= 4 is 17.1 Å². The van der Waals surface area contributed by atoms with Gasteiger partial charge in [0.2, 0.25) is 0 Å². The van der Waals surface area contributed by atoms with E-state index < -0.39 is 0 Å². The maximum Gasteiger partial charge on any atom is 0.194 e. The number of rotatable bonds is 0. The minimum Gasteiger partial charge on any atom is -0.289 e. The molecular formula is C28H22O2. The van der Waals surface area contributed by atoms with Crippen LogP contribution in [0.5, 0.6) is 0 Å². The van der Waals surface area contributed by atoms with Crippen LogP contribution in [0.1, 0.15) is 60.5 Å². The van der Waals surface area contributed by atoms with Crippen LogP contribution >= 0.6 is 0 Å². The highest BCUT2D eigenvalue weighted by atomic mass is 16.1. The number of fused-ring (bicyclic) bond motifs is 1. The number of carbonyl (C=O) groups is 2. The Morgan fingerprint density at radius 1 is 0.533 bits per heavy atom. The molecule has 0 aliphatic heterocycles. The maximum absolute atomic E-state index is 13.6. The van der Waals surface area contributed by atoms with Gasteiger partial charge in [-0.25, -0.2) is 0 Å². The Hall–Kier alpha value is -3.26. The second kappa shape index (κ2) is 6.63. The summed E-state index contributed by atoms with van der Waals surface area (Å²) in [5.74, 6) is 0.0631. The number of Topliss-reactive ketones (excluding diaryl/α,β-unsaturated/α-hetero) is 2. The fourth-order valence-corrected chi connectivity index (χ4v) is 5.39. The first-order chi connectivity index (χ1) is 14.7. The van der Waals surface area contributed by atoms with Gasteiger partial charge in [-0.2, -0.15) is 0 Å². The summed E-state index contributed by atoms with van der Waals surface area (Å²) in [5.41, 5.74) is 10.1. The Labute approximate surface area is 176 Å². The van der Waals surface area contributed by atoms with Crippen molar-refractivity contribution in [3.63, 3.8) is 0 Å². The smallest absolute Gasteiger partial charge is 0.194 e. The molecule has 0 fully saturated rings. The fraction of sp³-hybridized carbons (Fsp3) is 0.214. The van der Waals surface area contributed by atoms with Crippen LogP contribution in [-0.4, -0.2) is 11.6 Å². The largest absolute Gasteiger partial charge is 0.289 e. The minimum absolute atomic E-state index is 0.0231. The topological polar surface area (TPSA) is 34.1 Å². The molecule has 0 spiro atoms. The third-order valence-electron chi connectivity index (χ3n) is 6.98. The predicted molar refractivity (Wildman–Crippen MR) is 118 cm³/mol. The quantitative estimate of drug-likeness (QED) is 0.519. The molecule has 9 rings (SSSR count). The number of carbonyl (C=O) groups excluding carboxylic acids is 2. The zero-order chi connectivity index (χ0) is 20.2. The van der Waals surface area contributed by atoms with Crippen molar-refractivity contribution in [1.82, 2.24) is 0 Å². The van der Waals surface area contributed by atoms with Gasteiger partial charge >= 0.3 is 0 Å². The highest BCUT2D eigenvalue weighted by Crippen LogP contribution is 2.42. The van der Waals surface area contributed by atoms with Crippen LogP contribution in [0.15, 0.2) is 66.2 Å². The number of aryl methyl sites for hydroxylation is 4. The Kier molecular flexibility index (Phi) is 3.89. The lowest BCUT2D eigenvalue weighted by atomic mass is 9.71. The van der Waals surface area contributed by atoms with Crippen molar-refractivity contribution in [3.8, 4) is 0 Å². The van der Waals surface area contributed by atoms with Gasteiger partial charge in [-0.3, -0.25) is 9.59 Å². The summed E-state index contributed by atoms with van der Waals surface area (Å²) in [6.07, 6.45) is 5.27. The van der Waals surface area contributed by atoms with Gasteiger partial charge in [-0.1, -0.05) is 60.7 Å². The van der Waals surface area contributed by atoms with E-state index >= 15 is 0 Å². The molecule has 2 nitrogen and oxygen atoms in total. The molecule has 3 aromatic rings. The molecule has 30 heavy (non-hydrogen) atoms. The molecule has 0 aromatic heterocycles. The van der Waals surface area contributed by atoms with Gasteiger partial charge in [0.05, 0.1) is 0 Å². The maximum atomic E-state index is 13.6. The molecule has 3 aromatic carbocycles. The Bertz CT molecular complexity index is 1260. The molecule has 0 heterocycles. The van der Waals surface area contributed by atoms with Crippen molar-refractivity contribution in [2.75, 3.05) is 0 Å². The molecule has 0 saturated carbocycles. The zero-order valence-electron chi connectivity index (χ0n) is 16.8.